The zero-order valence-electron chi connectivity index (χ0n) is 16.6. The number of ether oxygens (including phenoxy) is 2. The number of halogens is 3. The van der Waals surface area contributed by atoms with Crippen LogP contribution >= 0.6 is 11.3 Å². The fourth-order valence-electron chi connectivity index (χ4n) is 3.08. The van der Waals surface area contributed by atoms with Crippen molar-refractivity contribution in [2.24, 2.45) is 0 Å². The van der Waals surface area contributed by atoms with Crippen LogP contribution in [0.5, 0.6) is 0 Å². The first-order valence-electron chi connectivity index (χ1n) is 9.23. The molecule has 0 saturated carbocycles. The van der Waals surface area contributed by atoms with Crippen LogP contribution in [-0.2, 0) is 22.2 Å². The van der Waals surface area contributed by atoms with Gasteiger partial charge in [-0.25, -0.2) is 9.59 Å². The van der Waals surface area contributed by atoms with E-state index in [1.807, 2.05) is 0 Å². The summed E-state index contributed by atoms with van der Waals surface area (Å²) >= 11 is 1.02. The minimum absolute atomic E-state index is 0.123. The van der Waals surface area contributed by atoms with Gasteiger partial charge < -0.3 is 9.47 Å². The molecule has 164 valence electrons. The Morgan fingerprint density at radius 1 is 1.30 bits per heavy atom. The van der Waals surface area contributed by atoms with Gasteiger partial charge in [0.05, 0.1) is 6.54 Å². The summed E-state index contributed by atoms with van der Waals surface area (Å²) < 4.78 is 52.3. The van der Waals surface area contributed by atoms with Crippen molar-refractivity contribution >= 4 is 17.3 Å². The van der Waals surface area contributed by atoms with Crippen molar-refractivity contribution < 1.29 is 27.4 Å². The molecule has 1 unspecified atom stereocenters. The molecule has 1 aliphatic rings. The molecule has 0 radical (unpaired) electrons. The molecule has 1 fully saturated rings. The number of alkyl halides is 3. The fraction of sp³-hybridized carbons (Fsp3) is 0.526. The van der Waals surface area contributed by atoms with Crippen molar-refractivity contribution in [1.29, 1.82) is 0 Å². The minimum atomic E-state index is -4.95. The summed E-state index contributed by atoms with van der Waals surface area (Å²) in [5, 5.41) is 1.55. The van der Waals surface area contributed by atoms with E-state index in [1.165, 1.54) is 6.07 Å². The van der Waals surface area contributed by atoms with Crippen LogP contribution in [0, 0.1) is 0 Å². The normalized spacial score (nSPS) is 17.3. The van der Waals surface area contributed by atoms with Crippen LogP contribution in [0.15, 0.2) is 27.2 Å². The maximum atomic E-state index is 13.5. The van der Waals surface area contributed by atoms with E-state index in [2.05, 4.69) is 0 Å². The standard InChI is InChI=1S/C19H21F3N2O5S/c1-18(2,3)29-16(26)14-11(6-8-30-14)9-24-15(25)12(19(20,21)22)10-23(17(24)27)13-5-4-7-28-13/h6,8,10,13H,4-5,7,9H2,1-3H3. The van der Waals surface area contributed by atoms with Gasteiger partial charge in [0.1, 0.15) is 22.3 Å². The van der Waals surface area contributed by atoms with Crippen LogP contribution in [-0.4, -0.2) is 27.3 Å². The van der Waals surface area contributed by atoms with Crippen LogP contribution in [0.2, 0.25) is 0 Å². The molecule has 1 aliphatic heterocycles. The smallest absolute Gasteiger partial charge is 0.423 e. The van der Waals surface area contributed by atoms with E-state index in [4.69, 9.17) is 9.47 Å². The first-order valence-corrected chi connectivity index (χ1v) is 10.1. The monoisotopic (exact) mass is 446 g/mol. The topological polar surface area (TPSA) is 79.5 Å². The lowest BCUT2D eigenvalue weighted by Gasteiger charge is -2.20. The number of rotatable bonds is 4. The van der Waals surface area contributed by atoms with Crippen molar-refractivity contribution in [2.75, 3.05) is 6.61 Å². The van der Waals surface area contributed by atoms with Gasteiger partial charge in [-0.1, -0.05) is 0 Å². The molecule has 0 spiro atoms. The predicted molar refractivity (Wildman–Crippen MR) is 103 cm³/mol. The summed E-state index contributed by atoms with van der Waals surface area (Å²) in [5.41, 5.74) is -4.42. The molecule has 0 aromatic carbocycles. The Balaban J connectivity index is 2.08. The third-order valence-electron chi connectivity index (χ3n) is 4.38. The van der Waals surface area contributed by atoms with E-state index >= 15 is 0 Å². The lowest BCUT2D eigenvalue weighted by Crippen LogP contribution is -2.44. The van der Waals surface area contributed by atoms with Crippen molar-refractivity contribution in [2.45, 2.75) is 58.2 Å². The van der Waals surface area contributed by atoms with Crippen LogP contribution in [0.25, 0.3) is 0 Å². The van der Waals surface area contributed by atoms with Gasteiger partial charge in [-0.15, -0.1) is 11.3 Å². The van der Waals surface area contributed by atoms with Crippen molar-refractivity contribution in [3.63, 3.8) is 0 Å². The zero-order valence-corrected chi connectivity index (χ0v) is 17.4. The third-order valence-corrected chi connectivity index (χ3v) is 5.31. The second-order valence-electron chi connectivity index (χ2n) is 7.87. The summed E-state index contributed by atoms with van der Waals surface area (Å²) in [6.07, 6.45) is -4.37. The summed E-state index contributed by atoms with van der Waals surface area (Å²) in [6, 6.07) is 1.48. The summed E-state index contributed by atoms with van der Waals surface area (Å²) in [6.45, 7) is 4.85. The van der Waals surface area contributed by atoms with Crippen LogP contribution < -0.4 is 11.2 Å². The SMILES string of the molecule is CC(C)(C)OC(=O)c1sccc1Cn1c(=O)c(C(F)(F)F)cn(C2CCCO2)c1=O. The van der Waals surface area contributed by atoms with Crippen LogP contribution in [0.4, 0.5) is 13.2 Å². The van der Waals surface area contributed by atoms with Crippen LogP contribution in [0.3, 0.4) is 0 Å². The third kappa shape index (κ3) is 4.67. The maximum Gasteiger partial charge on any atom is 0.423 e. The number of esters is 1. The molecule has 3 rings (SSSR count). The first kappa shape index (κ1) is 22.3. The number of hydrogen-bond acceptors (Lipinski definition) is 6. The first-order chi connectivity index (χ1) is 13.9. The minimum Gasteiger partial charge on any atom is -0.456 e. The Kier molecular flexibility index (Phi) is 5.96. The molecule has 1 saturated heterocycles. The number of hydrogen-bond donors (Lipinski definition) is 0. The van der Waals surface area contributed by atoms with Gasteiger partial charge in [0.15, 0.2) is 0 Å². The Morgan fingerprint density at radius 3 is 2.57 bits per heavy atom. The summed E-state index contributed by atoms with van der Waals surface area (Å²) in [5.74, 6) is -0.674. The molecule has 11 heteroatoms. The average molecular weight is 446 g/mol. The molecule has 2 aromatic rings. The van der Waals surface area contributed by atoms with E-state index in [9.17, 15) is 27.6 Å². The maximum absolute atomic E-state index is 13.5. The highest BCUT2D eigenvalue weighted by Gasteiger charge is 2.37. The molecule has 2 aromatic heterocycles. The molecule has 0 amide bonds. The molecular weight excluding hydrogens is 425 g/mol. The van der Waals surface area contributed by atoms with Gasteiger partial charge in [0.2, 0.25) is 0 Å². The number of carbonyl (C=O) groups is 1. The van der Waals surface area contributed by atoms with Crippen molar-refractivity contribution in [3.8, 4) is 0 Å². The molecular formula is C19H21F3N2O5S. The fourth-order valence-corrected chi connectivity index (χ4v) is 3.87. The molecule has 1 atom stereocenters. The van der Waals surface area contributed by atoms with E-state index in [1.54, 1.807) is 26.2 Å². The Bertz CT molecular complexity index is 1060. The molecule has 0 aliphatic carbocycles. The Labute approximate surface area is 173 Å². The highest BCUT2D eigenvalue weighted by atomic mass is 32.1. The van der Waals surface area contributed by atoms with Gasteiger partial charge in [0, 0.05) is 12.8 Å². The van der Waals surface area contributed by atoms with Crippen molar-refractivity contribution in [3.05, 3.63) is 54.5 Å². The van der Waals surface area contributed by atoms with E-state index < -0.39 is 47.3 Å². The van der Waals surface area contributed by atoms with E-state index in [0.717, 1.165) is 15.9 Å². The highest BCUT2D eigenvalue weighted by molar-refractivity contribution is 7.12. The van der Waals surface area contributed by atoms with Gasteiger partial charge in [-0.05, 0) is 50.6 Å². The average Bonchev–Trinajstić information content (AvgIpc) is 3.27. The molecule has 0 bridgehead atoms. The molecule has 0 N–H and O–H groups in total. The zero-order chi connectivity index (χ0) is 22.3. The summed E-state index contributed by atoms with van der Waals surface area (Å²) in [7, 11) is 0. The second-order valence-corrected chi connectivity index (χ2v) is 8.78. The van der Waals surface area contributed by atoms with E-state index in [0.29, 0.717) is 30.2 Å². The van der Waals surface area contributed by atoms with Crippen LogP contribution in [0.1, 0.15) is 60.6 Å². The quantitative estimate of drug-likeness (QED) is 0.673. The Hall–Kier alpha value is -2.40. The number of carbonyl (C=O) groups excluding carboxylic acids is 1. The molecule has 7 nitrogen and oxygen atoms in total. The van der Waals surface area contributed by atoms with Gasteiger partial charge in [-0.3, -0.25) is 13.9 Å². The largest absolute Gasteiger partial charge is 0.456 e. The molecule has 3 heterocycles. The van der Waals surface area contributed by atoms with Gasteiger partial charge in [-0.2, -0.15) is 13.2 Å². The Morgan fingerprint density at radius 2 is 2.00 bits per heavy atom. The van der Waals surface area contributed by atoms with Gasteiger partial charge >= 0.3 is 17.8 Å². The summed E-state index contributed by atoms with van der Waals surface area (Å²) in [4.78, 5) is 37.9. The lowest BCUT2D eigenvalue weighted by molar-refractivity contribution is -0.139. The highest BCUT2D eigenvalue weighted by Crippen LogP contribution is 2.28. The number of nitrogens with zero attached hydrogens (tertiary/aromatic N) is 2. The van der Waals surface area contributed by atoms with Crippen molar-refractivity contribution in [1.82, 2.24) is 9.13 Å². The predicted octanol–water partition coefficient (Wildman–Crippen LogP) is 3.40. The number of aromatic nitrogens is 2. The van der Waals surface area contributed by atoms with E-state index in [-0.39, 0.29) is 10.4 Å². The molecule has 30 heavy (non-hydrogen) atoms. The lowest BCUT2D eigenvalue weighted by atomic mass is 10.2. The number of thiophene rings is 1. The second kappa shape index (κ2) is 8.03. The van der Waals surface area contributed by atoms with Gasteiger partial charge in [0.25, 0.3) is 5.56 Å².